The van der Waals surface area contributed by atoms with Gasteiger partial charge in [0.2, 0.25) is 0 Å². The van der Waals surface area contributed by atoms with Crippen LogP contribution in [0.3, 0.4) is 0 Å². The van der Waals surface area contributed by atoms with Gasteiger partial charge in [-0.25, -0.2) is 4.39 Å². The lowest BCUT2D eigenvalue weighted by Gasteiger charge is -2.05. The average molecular weight is 201 g/mol. The molecule has 1 nitrogen and oxygen atoms in total. The molecule has 0 spiro atoms. The molecule has 0 aliphatic heterocycles. The van der Waals surface area contributed by atoms with Gasteiger partial charge in [-0.3, -0.25) is 0 Å². The summed E-state index contributed by atoms with van der Waals surface area (Å²) in [5.74, 6) is -0.222. The Kier molecular flexibility index (Phi) is 5.55. The van der Waals surface area contributed by atoms with Gasteiger partial charge in [-0.15, -0.1) is 0 Å². The summed E-state index contributed by atoms with van der Waals surface area (Å²) in [5.41, 5.74) is 2.05. The zero-order valence-corrected chi connectivity index (χ0v) is 9.37. The molecule has 0 aliphatic carbocycles. The van der Waals surface area contributed by atoms with Crippen LogP contribution in [0.2, 0.25) is 0 Å². The smallest absolute Gasteiger partial charge is 0.150 e. The fourth-order valence-corrected chi connectivity index (χ4v) is 1.04. The number of anilines is 1. The normalized spacial score (nSPS) is 8.77. The Morgan fingerprint density at radius 2 is 1.77 bits per heavy atom. The third-order valence-corrected chi connectivity index (χ3v) is 2.02. The van der Waals surface area contributed by atoms with Crippen LogP contribution in [-0.2, 0) is 0 Å². The highest BCUT2D eigenvalue weighted by Gasteiger charge is 2.04. The number of halogens is 1. The largest absolute Gasteiger partial charge is 0.330 e. The van der Waals surface area contributed by atoms with Crippen LogP contribution in [-0.4, -0.2) is 0 Å². The lowest BCUT2D eigenvalue weighted by molar-refractivity contribution is 0.622. The SMILES string of the molecule is CC.Cc1ccc(NS)c(F)c1C. The number of thiol groups is 1. The van der Waals surface area contributed by atoms with Crippen molar-refractivity contribution in [1.29, 1.82) is 0 Å². The van der Waals surface area contributed by atoms with E-state index in [1.54, 1.807) is 13.0 Å². The molecule has 0 aliphatic rings. The molecule has 13 heavy (non-hydrogen) atoms. The standard InChI is InChI=1S/C8H10FNS.C2H6/c1-5-3-4-7(10-11)8(9)6(5)2;1-2/h3-4,10-11H,1-2H3;1-2H3. The van der Waals surface area contributed by atoms with Crippen molar-refractivity contribution >= 4 is 18.5 Å². The van der Waals surface area contributed by atoms with Gasteiger partial charge in [0.15, 0.2) is 0 Å². The third-order valence-electron chi connectivity index (χ3n) is 1.78. The average Bonchev–Trinajstić information content (AvgIpc) is 2.18. The maximum Gasteiger partial charge on any atom is 0.150 e. The Labute approximate surface area is 84.9 Å². The van der Waals surface area contributed by atoms with Crippen LogP contribution in [0.25, 0.3) is 0 Å². The topological polar surface area (TPSA) is 12.0 Å². The summed E-state index contributed by atoms with van der Waals surface area (Å²) in [6.07, 6.45) is 0. The van der Waals surface area contributed by atoms with Gasteiger partial charge >= 0.3 is 0 Å². The molecule has 0 fully saturated rings. The fourth-order valence-electron chi connectivity index (χ4n) is 0.868. The summed E-state index contributed by atoms with van der Waals surface area (Å²) in [5, 5.41) is 0. The first-order valence-corrected chi connectivity index (χ1v) is 4.77. The van der Waals surface area contributed by atoms with Gasteiger partial charge in [0.25, 0.3) is 0 Å². The van der Waals surface area contributed by atoms with E-state index < -0.39 is 0 Å². The van der Waals surface area contributed by atoms with Crippen LogP contribution in [0.4, 0.5) is 10.1 Å². The monoisotopic (exact) mass is 201 g/mol. The molecular formula is C10H16FNS. The number of benzene rings is 1. The van der Waals surface area contributed by atoms with Crippen molar-refractivity contribution in [3.8, 4) is 0 Å². The predicted octanol–water partition coefficient (Wildman–Crippen LogP) is 3.73. The van der Waals surface area contributed by atoms with Gasteiger partial charge < -0.3 is 4.72 Å². The minimum absolute atomic E-state index is 0.222. The van der Waals surface area contributed by atoms with Gasteiger partial charge in [0, 0.05) is 0 Å². The Bertz CT molecular complexity index is 274. The number of aryl methyl sites for hydroxylation is 1. The zero-order valence-electron chi connectivity index (χ0n) is 8.48. The van der Waals surface area contributed by atoms with E-state index in [0.717, 1.165) is 5.56 Å². The molecule has 74 valence electrons. The fraction of sp³-hybridized carbons (Fsp3) is 0.400. The zero-order chi connectivity index (χ0) is 10.4. The molecule has 0 saturated carbocycles. The maximum atomic E-state index is 13.2. The Balaban J connectivity index is 0.000000671. The van der Waals surface area contributed by atoms with Crippen LogP contribution in [0.5, 0.6) is 0 Å². The van der Waals surface area contributed by atoms with Crippen molar-refractivity contribution in [2.75, 3.05) is 4.72 Å². The highest BCUT2D eigenvalue weighted by atomic mass is 32.1. The summed E-state index contributed by atoms with van der Waals surface area (Å²) in [4.78, 5) is 0. The number of nitrogens with one attached hydrogen (secondary N) is 1. The van der Waals surface area contributed by atoms with E-state index in [2.05, 4.69) is 17.5 Å². The molecule has 1 rings (SSSR count). The maximum absolute atomic E-state index is 13.2. The second kappa shape index (κ2) is 5.86. The minimum atomic E-state index is -0.222. The summed E-state index contributed by atoms with van der Waals surface area (Å²) in [7, 11) is 0. The second-order valence-corrected chi connectivity index (χ2v) is 2.70. The molecule has 1 aromatic rings. The number of hydrogen-bond acceptors (Lipinski definition) is 2. The molecule has 0 amide bonds. The van der Waals surface area contributed by atoms with E-state index in [1.807, 2.05) is 26.8 Å². The van der Waals surface area contributed by atoms with Crippen molar-refractivity contribution in [1.82, 2.24) is 0 Å². The molecule has 0 radical (unpaired) electrons. The summed E-state index contributed by atoms with van der Waals surface area (Å²) in [6, 6.07) is 3.53. The summed E-state index contributed by atoms with van der Waals surface area (Å²) in [6.45, 7) is 7.62. The number of rotatable bonds is 1. The second-order valence-electron chi connectivity index (χ2n) is 2.48. The van der Waals surface area contributed by atoms with Crippen LogP contribution < -0.4 is 4.72 Å². The Hall–Kier alpha value is -0.700. The van der Waals surface area contributed by atoms with Gasteiger partial charge in [-0.1, -0.05) is 32.7 Å². The molecule has 0 saturated heterocycles. The van der Waals surface area contributed by atoms with Crippen LogP contribution >= 0.6 is 12.8 Å². The molecule has 3 heteroatoms. The van der Waals surface area contributed by atoms with E-state index in [1.165, 1.54) is 0 Å². The molecule has 0 aromatic heterocycles. The molecule has 0 atom stereocenters. The van der Waals surface area contributed by atoms with E-state index in [-0.39, 0.29) is 5.82 Å². The highest BCUT2D eigenvalue weighted by Crippen LogP contribution is 2.20. The van der Waals surface area contributed by atoms with Crippen molar-refractivity contribution in [2.24, 2.45) is 0 Å². The molecule has 1 aromatic carbocycles. The van der Waals surface area contributed by atoms with Crippen LogP contribution in [0.1, 0.15) is 25.0 Å². The van der Waals surface area contributed by atoms with Crippen molar-refractivity contribution in [3.63, 3.8) is 0 Å². The first kappa shape index (κ1) is 12.3. The van der Waals surface area contributed by atoms with E-state index in [0.29, 0.717) is 11.3 Å². The Morgan fingerprint density at radius 1 is 1.23 bits per heavy atom. The first-order chi connectivity index (χ1) is 6.16. The molecule has 0 unspecified atom stereocenters. The van der Waals surface area contributed by atoms with Gasteiger partial charge in [0.1, 0.15) is 5.82 Å². The van der Waals surface area contributed by atoms with Crippen molar-refractivity contribution < 1.29 is 4.39 Å². The molecule has 1 N–H and O–H groups in total. The molecule has 0 heterocycles. The Morgan fingerprint density at radius 3 is 2.23 bits per heavy atom. The lowest BCUT2D eigenvalue weighted by Crippen LogP contribution is -1.92. The minimum Gasteiger partial charge on any atom is -0.330 e. The summed E-state index contributed by atoms with van der Waals surface area (Å²) < 4.78 is 15.6. The van der Waals surface area contributed by atoms with Crippen molar-refractivity contribution in [2.45, 2.75) is 27.7 Å². The number of hydrogen-bond donors (Lipinski definition) is 2. The third kappa shape index (κ3) is 2.92. The lowest BCUT2D eigenvalue weighted by atomic mass is 10.1. The van der Waals surface area contributed by atoms with E-state index >= 15 is 0 Å². The van der Waals surface area contributed by atoms with E-state index in [9.17, 15) is 4.39 Å². The highest BCUT2D eigenvalue weighted by molar-refractivity contribution is 7.81. The quantitative estimate of drug-likeness (QED) is 0.660. The molecular weight excluding hydrogens is 185 g/mol. The predicted molar refractivity (Wildman–Crippen MR) is 59.8 cm³/mol. The first-order valence-electron chi connectivity index (χ1n) is 4.32. The van der Waals surface area contributed by atoms with E-state index in [4.69, 9.17) is 0 Å². The van der Waals surface area contributed by atoms with Crippen LogP contribution in [0.15, 0.2) is 12.1 Å². The van der Waals surface area contributed by atoms with Gasteiger partial charge in [-0.05, 0) is 31.0 Å². The van der Waals surface area contributed by atoms with Crippen LogP contribution in [0, 0.1) is 19.7 Å². The van der Waals surface area contributed by atoms with Gasteiger partial charge in [-0.2, -0.15) is 0 Å². The molecule has 0 bridgehead atoms. The van der Waals surface area contributed by atoms with Gasteiger partial charge in [0.05, 0.1) is 5.69 Å². The van der Waals surface area contributed by atoms with Crippen molar-refractivity contribution in [3.05, 3.63) is 29.1 Å². The summed E-state index contributed by atoms with van der Waals surface area (Å²) >= 11 is 3.77.